The summed E-state index contributed by atoms with van der Waals surface area (Å²) < 4.78 is 0. The fourth-order valence-corrected chi connectivity index (χ4v) is 0.568. The van der Waals surface area contributed by atoms with E-state index in [2.05, 4.69) is 0 Å². The first-order valence-corrected chi connectivity index (χ1v) is 3.18. The molecule has 5 heteroatoms. The first kappa shape index (κ1) is 10.5. The lowest BCUT2D eigenvalue weighted by atomic mass is 10.1. The van der Waals surface area contributed by atoms with E-state index >= 15 is 0 Å². The molecule has 0 saturated carbocycles. The van der Waals surface area contributed by atoms with Crippen LogP contribution in [0.5, 0.6) is 0 Å². The number of carbonyl (C=O) groups is 1. The molecular weight excluding hydrogens is 152 g/mol. The molecule has 0 unspecified atom stereocenters. The molecule has 0 aliphatic carbocycles. The highest BCUT2D eigenvalue weighted by molar-refractivity contribution is 5.56. The van der Waals surface area contributed by atoms with Crippen molar-refractivity contribution in [3.8, 4) is 0 Å². The molecule has 0 aliphatic heterocycles. The van der Waals surface area contributed by atoms with E-state index in [1.807, 2.05) is 0 Å². The highest BCUT2D eigenvalue weighted by Crippen LogP contribution is 2.02. The van der Waals surface area contributed by atoms with Gasteiger partial charge in [0.1, 0.15) is 18.3 Å². The minimum atomic E-state index is -1.65. The van der Waals surface area contributed by atoms with Gasteiger partial charge in [-0.05, 0) is 6.92 Å². The number of aliphatic hydroxyl groups is 4. The fourth-order valence-electron chi connectivity index (χ4n) is 0.568. The van der Waals surface area contributed by atoms with E-state index in [0.717, 1.165) is 0 Å². The predicted octanol–water partition coefficient (Wildman–Crippen LogP) is -2.35. The van der Waals surface area contributed by atoms with Gasteiger partial charge in [-0.1, -0.05) is 0 Å². The van der Waals surface area contributed by atoms with Crippen LogP contribution in [0.1, 0.15) is 6.92 Å². The Labute approximate surface area is 63.9 Å². The van der Waals surface area contributed by atoms with Gasteiger partial charge in [-0.3, -0.25) is 0 Å². The molecule has 4 atom stereocenters. The first-order valence-electron chi connectivity index (χ1n) is 3.18. The first-order chi connectivity index (χ1) is 5.00. The van der Waals surface area contributed by atoms with E-state index in [1.54, 1.807) is 0 Å². The zero-order valence-corrected chi connectivity index (χ0v) is 6.08. The van der Waals surface area contributed by atoms with Crippen molar-refractivity contribution in [3.63, 3.8) is 0 Å². The zero-order chi connectivity index (χ0) is 9.02. The van der Waals surface area contributed by atoms with Gasteiger partial charge in [0.05, 0.1) is 6.10 Å². The maximum Gasteiger partial charge on any atom is 0.151 e. The van der Waals surface area contributed by atoms with Crippen LogP contribution < -0.4 is 0 Å². The van der Waals surface area contributed by atoms with Crippen LogP contribution in [0.3, 0.4) is 0 Å². The summed E-state index contributed by atoms with van der Waals surface area (Å²) in [6.45, 7) is 1.24. The number of carbonyl (C=O) groups excluding carboxylic acids is 1. The van der Waals surface area contributed by atoms with Gasteiger partial charge in [0.15, 0.2) is 6.29 Å². The molecule has 0 aromatic heterocycles. The predicted molar refractivity (Wildman–Crippen MR) is 35.8 cm³/mol. The number of hydrogen-bond acceptors (Lipinski definition) is 5. The van der Waals surface area contributed by atoms with Gasteiger partial charge in [-0.2, -0.15) is 0 Å². The lowest BCUT2D eigenvalue weighted by Crippen LogP contribution is -2.43. The minimum Gasteiger partial charge on any atom is -0.391 e. The Morgan fingerprint density at radius 2 is 1.55 bits per heavy atom. The quantitative estimate of drug-likeness (QED) is 0.349. The third-order valence-corrected chi connectivity index (χ3v) is 1.33. The number of rotatable bonds is 4. The maximum atomic E-state index is 9.87. The van der Waals surface area contributed by atoms with Crippen LogP contribution in [0.2, 0.25) is 0 Å². The van der Waals surface area contributed by atoms with Crippen LogP contribution >= 0.6 is 0 Å². The summed E-state index contributed by atoms with van der Waals surface area (Å²) in [7, 11) is 0. The Morgan fingerprint density at radius 3 is 1.82 bits per heavy atom. The number of aldehydes is 1. The molecule has 0 saturated heterocycles. The van der Waals surface area contributed by atoms with Crippen LogP contribution in [0, 0.1) is 0 Å². The molecule has 0 radical (unpaired) electrons. The van der Waals surface area contributed by atoms with Crippen LogP contribution in [0.4, 0.5) is 0 Å². The summed E-state index contributed by atoms with van der Waals surface area (Å²) in [4.78, 5) is 9.87. The Hall–Kier alpha value is -0.490. The molecule has 5 nitrogen and oxygen atoms in total. The van der Waals surface area contributed by atoms with Crippen molar-refractivity contribution >= 4 is 6.29 Å². The van der Waals surface area contributed by atoms with E-state index in [9.17, 15) is 4.79 Å². The Kier molecular flexibility index (Phi) is 4.20. The van der Waals surface area contributed by atoms with Gasteiger partial charge in [-0.25, -0.2) is 0 Å². The van der Waals surface area contributed by atoms with Crippen LogP contribution in [-0.2, 0) is 4.79 Å². The summed E-state index contributed by atoms with van der Waals surface area (Å²) >= 11 is 0. The van der Waals surface area contributed by atoms with Crippen molar-refractivity contribution in [2.75, 3.05) is 0 Å². The average Bonchev–Trinajstić information content (AvgIpc) is 2.00. The second-order valence-corrected chi connectivity index (χ2v) is 2.35. The smallest absolute Gasteiger partial charge is 0.151 e. The Balaban J connectivity index is 4.00. The second kappa shape index (κ2) is 4.40. The van der Waals surface area contributed by atoms with Gasteiger partial charge in [0, 0.05) is 0 Å². The summed E-state index contributed by atoms with van der Waals surface area (Å²) in [5.74, 6) is 0. The highest BCUT2D eigenvalue weighted by atomic mass is 16.4. The summed E-state index contributed by atoms with van der Waals surface area (Å²) in [6, 6.07) is 0. The summed E-state index contributed by atoms with van der Waals surface area (Å²) in [6.07, 6.45) is -5.88. The molecule has 0 spiro atoms. The van der Waals surface area contributed by atoms with Crippen molar-refractivity contribution < 1.29 is 25.2 Å². The second-order valence-electron chi connectivity index (χ2n) is 2.35. The van der Waals surface area contributed by atoms with Crippen LogP contribution in [0.15, 0.2) is 0 Å². The highest BCUT2D eigenvalue weighted by Gasteiger charge is 2.27. The molecule has 0 amide bonds. The van der Waals surface area contributed by atoms with Gasteiger partial charge < -0.3 is 25.2 Å². The van der Waals surface area contributed by atoms with E-state index in [4.69, 9.17) is 20.4 Å². The number of hydrogen-bond donors (Lipinski definition) is 4. The molecule has 0 fully saturated rings. The standard InChI is InChI=1S/C6H12O5/c1-3(8)5(10)6(11)4(9)2-7/h2-6,8-11H,1H3/t3-,4-,5+,6-/m0/s1. The minimum absolute atomic E-state index is 0.0935. The molecule has 4 N–H and O–H groups in total. The molecule has 66 valence electrons. The van der Waals surface area contributed by atoms with E-state index < -0.39 is 24.4 Å². The third-order valence-electron chi connectivity index (χ3n) is 1.33. The van der Waals surface area contributed by atoms with Crippen molar-refractivity contribution in [2.45, 2.75) is 31.3 Å². The Morgan fingerprint density at radius 1 is 1.09 bits per heavy atom. The normalized spacial score (nSPS) is 21.9. The van der Waals surface area contributed by atoms with E-state index in [1.165, 1.54) is 6.92 Å². The topological polar surface area (TPSA) is 98.0 Å². The number of aliphatic hydroxyl groups excluding tert-OH is 4. The average molecular weight is 164 g/mol. The van der Waals surface area contributed by atoms with Gasteiger partial charge in [0.25, 0.3) is 0 Å². The molecule has 11 heavy (non-hydrogen) atoms. The fraction of sp³-hybridized carbons (Fsp3) is 0.833. The molecule has 0 heterocycles. The molecule has 0 aliphatic rings. The van der Waals surface area contributed by atoms with Crippen LogP contribution in [0.25, 0.3) is 0 Å². The largest absolute Gasteiger partial charge is 0.391 e. The van der Waals surface area contributed by atoms with Crippen molar-refractivity contribution in [2.24, 2.45) is 0 Å². The van der Waals surface area contributed by atoms with Gasteiger partial charge in [-0.15, -0.1) is 0 Å². The van der Waals surface area contributed by atoms with Crippen molar-refractivity contribution in [1.29, 1.82) is 0 Å². The third kappa shape index (κ3) is 2.94. The lowest BCUT2D eigenvalue weighted by Gasteiger charge is -2.21. The summed E-state index contributed by atoms with van der Waals surface area (Å²) in [5.41, 5.74) is 0. The maximum absolute atomic E-state index is 9.87. The SMILES string of the molecule is C[C@H](O)[C@@H](O)[C@@H](O)[C@@H](O)C=O. The summed E-state index contributed by atoms with van der Waals surface area (Å²) in [5, 5.41) is 35.1. The van der Waals surface area contributed by atoms with Crippen molar-refractivity contribution in [1.82, 2.24) is 0 Å². The Bertz CT molecular complexity index is 124. The van der Waals surface area contributed by atoms with Gasteiger partial charge >= 0.3 is 0 Å². The monoisotopic (exact) mass is 164 g/mol. The van der Waals surface area contributed by atoms with E-state index in [0.29, 0.717) is 0 Å². The molecular formula is C6H12O5. The molecule has 0 aromatic rings. The van der Waals surface area contributed by atoms with Crippen molar-refractivity contribution in [3.05, 3.63) is 0 Å². The zero-order valence-electron chi connectivity index (χ0n) is 6.08. The lowest BCUT2D eigenvalue weighted by molar-refractivity contribution is -0.132. The van der Waals surface area contributed by atoms with Crippen LogP contribution in [-0.4, -0.2) is 51.1 Å². The molecule has 0 aromatic carbocycles. The van der Waals surface area contributed by atoms with Gasteiger partial charge in [0.2, 0.25) is 0 Å². The molecule has 0 rings (SSSR count). The molecule has 0 bridgehead atoms. The van der Waals surface area contributed by atoms with E-state index in [-0.39, 0.29) is 6.29 Å².